The van der Waals surface area contributed by atoms with Gasteiger partial charge in [-0.1, -0.05) is 36.4 Å². The van der Waals surface area contributed by atoms with E-state index >= 15 is 0 Å². The van der Waals surface area contributed by atoms with Crippen LogP contribution in [0.3, 0.4) is 0 Å². The van der Waals surface area contributed by atoms with Gasteiger partial charge in [-0.25, -0.2) is 0 Å². The summed E-state index contributed by atoms with van der Waals surface area (Å²) in [5.41, 5.74) is 1.11. The van der Waals surface area contributed by atoms with Crippen LogP contribution in [0.2, 0.25) is 0 Å². The van der Waals surface area contributed by atoms with Crippen LogP contribution in [0.1, 0.15) is 22.6 Å². The molecule has 2 aromatic heterocycles. The number of rotatable bonds is 9. The minimum absolute atomic E-state index is 0.0675. The van der Waals surface area contributed by atoms with Gasteiger partial charge in [0.15, 0.2) is 0 Å². The van der Waals surface area contributed by atoms with Crippen molar-refractivity contribution in [3.05, 3.63) is 82.4 Å². The Morgan fingerprint density at radius 3 is 2.64 bits per heavy atom. The molecule has 4 nitrogen and oxygen atoms in total. The van der Waals surface area contributed by atoms with Crippen molar-refractivity contribution in [2.45, 2.75) is 26.1 Å². The minimum Gasteiger partial charge on any atom is -0.467 e. The van der Waals surface area contributed by atoms with Crippen molar-refractivity contribution in [3.8, 4) is 0 Å². The van der Waals surface area contributed by atoms with Gasteiger partial charge in [0, 0.05) is 4.88 Å². The average molecular weight is 355 g/mol. The van der Waals surface area contributed by atoms with Gasteiger partial charge in [-0.15, -0.1) is 11.3 Å². The van der Waals surface area contributed by atoms with Gasteiger partial charge in [0.25, 0.3) is 0 Å². The molecule has 0 aliphatic heterocycles. The molecule has 0 spiro atoms. The lowest BCUT2D eigenvalue weighted by atomic mass is 10.2. The van der Waals surface area contributed by atoms with Crippen molar-refractivity contribution in [1.29, 1.82) is 0 Å². The van der Waals surface area contributed by atoms with Gasteiger partial charge in [-0.3, -0.25) is 4.79 Å². The molecule has 0 aliphatic rings. The first kappa shape index (κ1) is 17.5. The Labute approximate surface area is 151 Å². The van der Waals surface area contributed by atoms with Crippen molar-refractivity contribution >= 4 is 17.2 Å². The zero-order valence-corrected chi connectivity index (χ0v) is 14.8. The maximum Gasteiger partial charge on any atom is 0.225 e. The number of benzene rings is 1. The molecule has 3 rings (SSSR count). The SMILES string of the molecule is O=C(CCOCc1ccccc1)N(Cc1ccco1)Cc1cccs1. The third-order valence-corrected chi connectivity index (χ3v) is 4.64. The number of nitrogens with zero attached hydrogens (tertiary/aromatic N) is 1. The second-order valence-corrected chi connectivity index (χ2v) is 6.73. The van der Waals surface area contributed by atoms with E-state index in [1.807, 2.05) is 64.9 Å². The number of amides is 1. The summed E-state index contributed by atoms with van der Waals surface area (Å²) in [4.78, 5) is 15.6. The van der Waals surface area contributed by atoms with Crippen molar-refractivity contribution in [1.82, 2.24) is 4.90 Å². The van der Waals surface area contributed by atoms with E-state index in [-0.39, 0.29) is 5.91 Å². The van der Waals surface area contributed by atoms with E-state index in [9.17, 15) is 4.79 Å². The average Bonchev–Trinajstić information content (AvgIpc) is 3.33. The molecule has 1 amide bonds. The third-order valence-electron chi connectivity index (χ3n) is 3.78. The van der Waals surface area contributed by atoms with Crippen LogP contribution < -0.4 is 0 Å². The summed E-state index contributed by atoms with van der Waals surface area (Å²) in [6, 6.07) is 17.7. The van der Waals surface area contributed by atoms with Gasteiger partial charge in [0.1, 0.15) is 5.76 Å². The molecule has 0 saturated carbocycles. The highest BCUT2D eigenvalue weighted by Crippen LogP contribution is 2.16. The Hall–Kier alpha value is -2.37. The van der Waals surface area contributed by atoms with Gasteiger partial charge in [0.2, 0.25) is 5.91 Å². The van der Waals surface area contributed by atoms with E-state index in [0.717, 1.165) is 16.2 Å². The summed E-state index contributed by atoms with van der Waals surface area (Å²) in [5, 5.41) is 2.02. The highest BCUT2D eigenvalue weighted by molar-refractivity contribution is 7.09. The molecule has 0 radical (unpaired) electrons. The van der Waals surface area contributed by atoms with Crippen LogP contribution in [0.5, 0.6) is 0 Å². The molecule has 25 heavy (non-hydrogen) atoms. The Kier molecular flexibility index (Phi) is 6.42. The molecular formula is C20H21NO3S. The lowest BCUT2D eigenvalue weighted by Crippen LogP contribution is -2.30. The molecule has 1 aromatic carbocycles. The monoisotopic (exact) mass is 355 g/mol. The first-order valence-electron chi connectivity index (χ1n) is 8.25. The quantitative estimate of drug-likeness (QED) is 0.532. The largest absolute Gasteiger partial charge is 0.467 e. The lowest BCUT2D eigenvalue weighted by Gasteiger charge is -2.21. The molecule has 0 aliphatic carbocycles. The van der Waals surface area contributed by atoms with Crippen LogP contribution in [0, 0.1) is 0 Å². The predicted molar refractivity (Wildman–Crippen MR) is 98.0 cm³/mol. The van der Waals surface area contributed by atoms with Crippen LogP contribution in [0.15, 0.2) is 70.7 Å². The standard InChI is InChI=1S/C20H21NO3S/c22-20(10-12-23-16-17-6-2-1-3-7-17)21(14-18-8-4-11-24-18)15-19-9-5-13-25-19/h1-9,11,13H,10,12,14-16H2. The summed E-state index contributed by atoms with van der Waals surface area (Å²) in [6.07, 6.45) is 1.99. The molecule has 5 heteroatoms. The topological polar surface area (TPSA) is 42.7 Å². The normalized spacial score (nSPS) is 10.7. The molecule has 0 atom stereocenters. The van der Waals surface area contributed by atoms with Crippen molar-refractivity contribution in [3.63, 3.8) is 0 Å². The highest BCUT2D eigenvalue weighted by Gasteiger charge is 2.16. The Morgan fingerprint density at radius 2 is 1.92 bits per heavy atom. The second kappa shape index (κ2) is 9.20. The zero-order valence-electron chi connectivity index (χ0n) is 14.0. The number of ether oxygens (including phenoxy) is 1. The fourth-order valence-electron chi connectivity index (χ4n) is 2.50. The van der Waals surface area contributed by atoms with E-state index in [1.54, 1.807) is 17.6 Å². The van der Waals surface area contributed by atoms with Crippen LogP contribution in [0.25, 0.3) is 0 Å². The molecule has 130 valence electrons. The first-order chi connectivity index (χ1) is 12.3. The molecule has 0 N–H and O–H groups in total. The van der Waals surface area contributed by atoms with Crippen molar-refractivity contribution in [2.75, 3.05) is 6.61 Å². The Balaban J connectivity index is 1.51. The number of hydrogen-bond acceptors (Lipinski definition) is 4. The fourth-order valence-corrected chi connectivity index (χ4v) is 3.21. The number of furan rings is 1. The summed E-state index contributed by atoms with van der Waals surface area (Å²) in [6.45, 7) is 2.00. The van der Waals surface area contributed by atoms with E-state index in [1.165, 1.54) is 0 Å². The minimum atomic E-state index is 0.0675. The van der Waals surface area contributed by atoms with Crippen LogP contribution in [0.4, 0.5) is 0 Å². The van der Waals surface area contributed by atoms with Gasteiger partial charge < -0.3 is 14.1 Å². The smallest absolute Gasteiger partial charge is 0.225 e. The summed E-state index contributed by atoms with van der Waals surface area (Å²) in [5.74, 6) is 0.855. The summed E-state index contributed by atoms with van der Waals surface area (Å²) in [7, 11) is 0. The Morgan fingerprint density at radius 1 is 1.04 bits per heavy atom. The van der Waals surface area contributed by atoms with E-state index in [4.69, 9.17) is 9.15 Å². The van der Waals surface area contributed by atoms with Gasteiger partial charge >= 0.3 is 0 Å². The maximum atomic E-state index is 12.6. The van der Waals surface area contributed by atoms with Gasteiger partial charge in [-0.05, 0) is 29.1 Å². The Bertz CT molecular complexity index is 702. The highest BCUT2D eigenvalue weighted by atomic mass is 32.1. The summed E-state index contributed by atoms with van der Waals surface area (Å²) < 4.78 is 11.0. The lowest BCUT2D eigenvalue weighted by molar-refractivity contribution is -0.134. The number of carbonyl (C=O) groups excluding carboxylic acids is 1. The van der Waals surface area contributed by atoms with Crippen molar-refractivity contribution in [2.24, 2.45) is 0 Å². The van der Waals surface area contributed by atoms with Gasteiger partial charge in [-0.2, -0.15) is 0 Å². The van der Waals surface area contributed by atoms with Crippen LogP contribution in [-0.2, 0) is 29.2 Å². The number of carbonyl (C=O) groups is 1. The molecule has 0 saturated heterocycles. The predicted octanol–water partition coefficient (Wildman–Crippen LogP) is 4.48. The van der Waals surface area contributed by atoms with Crippen LogP contribution in [-0.4, -0.2) is 17.4 Å². The maximum absolute atomic E-state index is 12.6. The van der Waals surface area contributed by atoms with E-state index in [2.05, 4.69) is 0 Å². The molecule has 0 unspecified atom stereocenters. The third kappa shape index (κ3) is 5.59. The molecular weight excluding hydrogens is 334 g/mol. The zero-order chi connectivity index (χ0) is 17.3. The van der Waals surface area contributed by atoms with E-state index in [0.29, 0.717) is 32.7 Å². The fraction of sp³-hybridized carbons (Fsp3) is 0.250. The van der Waals surface area contributed by atoms with E-state index < -0.39 is 0 Å². The van der Waals surface area contributed by atoms with Crippen LogP contribution >= 0.6 is 11.3 Å². The molecule has 0 fully saturated rings. The molecule has 0 bridgehead atoms. The second-order valence-electron chi connectivity index (χ2n) is 5.70. The molecule has 2 heterocycles. The number of hydrogen-bond donors (Lipinski definition) is 0. The first-order valence-corrected chi connectivity index (χ1v) is 9.13. The van der Waals surface area contributed by atoms with Gasteiger partial charge in [0.05, 0.1) is 39.0 Å². The van der Waals surface area contributed by atoms with Crippen molar-refractivity contribution < 1.29 is 13.9 Å². The summed E-state index contributed by atoms with van der Waals surface area (Å²) >= 11 is 1.65. The number of thiophene rings is 1. The molecule has 3 aromatic rings.